The van der Waals surface area contributed by atoms with Crippen LogP contribution >= 0.6 is 11.8 Å². The summed E-state index contributed by atoms with van der Waals surface area (Å²) in [6.45, 7) is 4.74. The molecule has 3 N–H and O–H groups in total. The molecule has 1 atom stereocenters. The average molecular weight is 311 g/mol. The number of carbonyl (C=O) groups excluding carboxylic acids is 2. The van der Waals surface area contributed by atoms with Gasteiger partial charge in [0.05, 0.1) is 5.25 Å². The molecule has 0 aliphatic carbocycles. The van der Waals surface area contributed by atoms with Crippen LogP contribution in [-0.2, 0) is 17.8 Å². The number of hydrogen-bond acceptors (Lipinski definition) is 5. The number of rotatable bonds is 4. The highest BCUT2D eigenvalue weighted by molar-refractivity contribution is 8.00. The van der Waals surface area contributed by atoms with E-state index in [1.807, 2.05) is 13.8 Å². The molecule has 0 aromatic carbocycles. The lowest BCUT2D eigenvalue weighted by Gasteiger charge is -2.18. The van der Waals surface area contributed by atoms with Crippen molar-refractivity contribution in [3.63, 3.8) is 0 Å². The Balaban J connectivity index is 2.15. The SMILES string of the molecule is CC(C)[C@H](Sc1nnc2n1CCCCC2)C(=O)NC(N)=O. The van der Waals surface area contributed by atoms with Crippen LogP contribution in [0.1, 0.15) is 38.9 Å². The van der Waals surface area contributed by atoms with Gasteiger partial charge in [0, 0.05) is 13.0 Å². The number of hydrogen-bond donors (Lipinski definition) is 2. The lowest BCUT2D eigenvalue weighted by molar-refractivity contribution is -0.120. The Labute approximate surface area is 128 Å². The van der Waals surface area contributed by atoms with Gasteiger partial charge in [0.2, 0.25) is 5.91 Å². The Bertz CT molecular complexity index is 529. The van der Waals surface area contributed by atoms with Crippen molar-refractivity contribution in [2.75, 3.05) is 0 Å². The lowest BCUT2D eigenvalue weighted by Crippen LogP contribution is -2.42. The van der Waals surface area contributed by atoms with Crippen molar-refractivity contribution in [1.82, 2.24) is 20.1 Å². The van der Waals surface area contributed by atoms with Crippen LogP contribution < -0.4 is 11.1 Å². The van der Waals surface area contributed by atoms with E-state index >= 15 is 0 Å². The number of fused-ring (bicyclic) bond motifs is 1. The van der Waals surface area contributed by atoms with Crippen molar-refractivity contribution in [1.29, 1.82) is 0 Å². The Kier molecular flexibility index (Phi) is 5.22. The molecular weight excluding hydrogens is 290 g/mol. The van der Waals surface area contributed by atoms with E-state index in [9.17, 15) is 9.59 Å². The van der Waals surface area contributed by atoms with Gasteiger partial charge < -0.3 is 10.3 Å². The molecule has 2 rings (SSSR count). The molecule has 0 unspecified atom stereocenters. The fourth-order valence-electron chi connectivity index (χ4n) is 2.34. The number of aromatic nitrogens is 3. The van der Waals surface area contributed by atoms with E-state index < -0.39 is 11.3 Å². The van der Waals surface area contributed by atoms with E-state index in [1.54, 1.807) is 0 Å². The molecule has 0 spiro atoms. The molecule has 0 saturated carbocycles. The van der Waals surface area contributed by atoms with Gasteiger partial charge in [-0.15, -0.1) is 10.2 Å². The minimum Gasteiger partial charge on any atom is -0.351 e. The summed E-state index contributed by atoms with van der Waals surface area (Å²) in [5.41, 5.74) is 5.02. The second kappa shape index (κ2) is 6.93. The highest BCUT2D eigenvalue weighted by Crippen LogP contribution is 2.29. The maximum absolute atomic E-state index is 12.1. The van der Waals surface area contributed by atoms with Crippen LogP contribution in [0.2, 0.25) is 0 Å². The molecule has 0 fully saturated rings. The molecule has 3 amide bonds. The zero-order chi connectivity index (χ0) is 15.4. The number of aryl methyl sites for hydroxylation is 1. The Morgan fingerprint density at radius 1 is 1.29 bits per heavy atom. The number of primary amides is 1. The van der Waals surface area contributed by atoms with Crippen LogP contribution in [0.5, 0.6) is 0 Å². The van der Waals surface area contributed by atoms with Gasteiger partial charge in [-0.2, -0.15) is 0 Å². The van der Waals surface area contributed by atoms with Gasteiger partial charge in [-0.1, -0.05) is 32.0 Å². The molecule has 1 aliphatic rings. The van der Waals surface area contributed by atoms with Crippen molar-refractivity contribution in [2.45, 2.75) is 56.5 Å². The maximum Gasteiger partial charge on any atom is 0.318 e. The Morgan fingerprint density at radius 3 is 2.71 bits per heavy atom. The first-order valence-electron chi connectivity index (χ1n) is 7.18. The predicted octanol–water partition coefficient (Wildman–Crippen LogP) is 1.32. The molecule has 0 saturated heterocycles. The van der Waals surface area contributed by atoms with Gasteiger partial charge in [-0.05, 0) is 18.8 Å². The van der Waals surface area contributed by atoms with Gasteiger partial charge in [0.15, 0.2) is 5.16 Å². The minimum atomic E-state index is -0.827. The second-order valence-corrected chi connectivity index (χ2v) is 6.61. The molecule has 116 valence electrons. The maximum atomic E-state index is 12.1. The number of amides is 3. The number of carbonyl (C=O) groups is 2. The topological polar surface area (TPSA) is 103 Å². The first-order valence-corrected chi connectivity index (χ1v) is 8.06. The average Bonchev–Trinajstić information content (AvgIpc) is 2.62. The zero-order valence-electron chi connectivity index (χ0n) is 12.3. The molecule has 1 aromatic rings. The van der Waals surface area contributed by atoms with Crippen molar-refractivity contribution in [3.8, 4) is 0 Å². The summed E-state index contributed by atoms with van der Waals surface area (Å²) in [4.78, 5) is 22.9. The first-order chi connectivity index (χ1) is 9.99. The molecule has 21 heavy (non-hydrogen) atoms. The molecule has 1 aromatic heterocycles. The number of imide groups is 1. The largest absolute Gasteiger partial charge is 0.351 e. The number of thioether (sulfide) groups is 1. The third-order valence-electron chi connectivity index (χ3n) is 3.42. The molecule has 8 heteroatoms. The molecule has 1 aliphatic heterocycles. The van der Waals surface area contributed by atoms with E-state index in [-0.39, 0.29) is 11.8 Å². The molecular formula is C13H21N5O2S. The summed E-state index contributed by atoms with van der Waals surface area (Å²) in [6.07, 6.45) is 4.33. The molecule has 7 nitrogen and oxygen atoms in total. The highest BCUT2D eigenvalue weighted by Gasteiger charge is 2.27. The zero-order valence-corrected chi connectivity index (χ0v) is 13.2. The van der Waals surface area contributed by atoms with Crippen molar-refractivity contribution in [3.05, 3.63) is 5.82 Å². The first kappa shape index (κ1) is 15.8. The summed E-state index contributed by atoms with van der Waals surface area (Å²) >= 11 is 1.35. The number of nitrogens with one attached hydrogen (secondary N) is 1. The van der Waals surface area contributed by atoms with Gasteiger partial charge in [-0.25, -0.2) is 4.79 Å². The van der Waals surface area contributed by atoms with Crippen LogP contribution in [-0.4, -0.2) is 32.0 Å². The summed E-state index contributed by atoms with van der Waals surface area (Å²) < 4.78 is 2.09. The number of nitrogens with zero attached hydrogens (tertiary/aromatic N) is 3. The van der Waals surface area contributed by atoms with Gasteiger partial charge in [0.25, 0.3) is 0 Å². The Hall–Kier alpha value is -1.57. The van der Waals surface area contributed by atoms with Crippen molar-refractivity contribution < 1.29 is 9.59 Å². The summed E-state index contributed by atoms with van der Waals surface area (Å²) in [6, 6.07) is -0.827. The third kappa shape index (κ3) is 3.96. The van der Waals surface area contributed by atoms with E-state index in [0.717, 1.165) is 36.8 Å². The standard InChI is InChI=1S/C13H21N5O2S/c1-8(2)10(11(19)15-12(14)20)21-13-17-16-9-6-4-3-5-7-18(9)13/h8,10H,3-7H2,1-2H3,(H3,14,15,19,20)/t10-/m0/s1. The van der Waals surface area contributed by atoms with Gasteiger partial charge >= 0.3 is 6.03 Å². The van der Waals surface area contributed by atoms with E-state index in [0.29, 0.717) is 0 Å². The molecule has 2 heterocycles. The summed E-state index contributed by atoms with van der Waals surface area (Å²) in [7, 11) is 0. The molecule has 0 radical (unpaired) electrons. The van der Waals surface area contributed by atoms with Crippen LogP contribution in [0.4, 0.5) is 4.79 Å². The molecule has 0 bridgehead atoms. The van der Waals surface area contributed by atoms with E-state index in [2.05, 4.69) is 20.1 Å². The van der Waals surface area contributed by atoms with Crippen LogP contribution in [0.3, 0.4) is 0 Å². The van der Waals surface area contributed by atoms with E-state index in [1.165, 1.54) is 18.2 Å². The summed E-state index contributed by atoms with van der Waals surface area (Å²) in [5, 5.41) is 10.9. The van der Waals surface area contributed by atoms with Gasteiger partial charge in [-0.3, -0.25) is 10.1 Å². The quantitative estimate of drug-likeness (QED) is 0.816. The highest BCUT2D eigenvalue weighted by atomic mass is 32.2. The second-order valence-electron chi connectivity index (χ2n) is 5.50. The van der Waals surface area contributed by atoms with Crippen LogP contribution in [0.15, 0.2) is 5.16 Å². The van der Waals surface area contributed by atoms with Gasteiger partial charge in [0.1, 0.15) is 5.82 Å². The number of urea groups is 1. The van der Waals surface area contributed by atoms with Crippen molar-refractivity contribution in [2.24, 2.45) is 11.7 Å². The smallest absolute Gasteiger partial charge is 0.318 e. The third-order valence-corrected chi connectivity index (χ3v) is 4.94. The number of nitrogens with two attached hydrogens (primary N) is 1. The van der Waals surface area contributed by atoms with Crippen LogP contribution in [0, 0.1) is 5.92 Å². The Morgan fingerprint density at radius 2 is 2.05 bits per heavy atom. The van der Waals surface area contributed by atoms with E-state index in [4.69, 9.17) is 5.73 Å². The lowest BCUT2D eigenvalue weighted by atomic mass is 10.1. The van der Waals surface area contributed by atoms with Crippen LogP contribution in [0.25, 0.3) is 0 Å². The van der Waals surface area contributed by atoms with Crippen molar-refractivity contribution >= 4 is 23.7 Å². The monoisotopic (exact) mass is 311 g/mol. The normalized spacial score (nSPS) is 16.1. The fraction of sp³-hybridized carbons (Fsp3) is 0.692. The summed E-state index contributed by atoms with van der Waals surface area (Å²) in [5.74, 6) is 0.648. The fourth-order valence-corrected chi connectivity index (χ4v) is 3.42. The minimum absolute atomic E-state index is 0.0491. The predicted molar refractivity (Wildman–Crippen MR) is 79.8 cm³/mol.